The van der Waals surface area contributed by atoms with Gasteiger partial charge in [0, 0.05) is 41.7 Å². The largest absolute Gasteiger partial charge is 0.493 e. The SMILES string of the molecule is COCCCN(CC(=O)N(CCc1ccc(OC)c(OC)c1)Cc1cccs1)C(=O)c1cccc(Br)c1. The van der Waals surface area contributed by atoms with Crippen molar-refractivity contribution in [2.24, 2.45) is 0 Å². The van der Waals surface area contributed by atoms with E-state index in [1.165, 1.54) is 0 Å². The summed E-state index contributed by atoms with van der Waals surface area (Å²) in [6.07, 6.45) is 1.28. The summed E-state index contributed by atoms with van der Waals surface area (Å²) >= 11 is 5.04. The highest BCUT2D eigenvalue weighted by Gasteiger charge is 2.23. The van der Waals surface area contributed by atoms with Crippen LogP contribution in [0.1, 0.15) is 27.2 Å². The molecule has 3 aromatic rings. The van der Waals surface area contributed by atoms with E-state index >= 15 is 0 Å². The smallest absolute Gasteiger partial charge is 0.254 e. The highest BCUT2D eigenvalue weighted by atomic mass is 79.9. The van der Waals surface area contributed by atoms with Crippen molar-refractivity contribution in [3.8, 4) is 11.5 Å². The number of hydrogen-bond donors (Lipinski definition) is 0. The summed E-state index contributed by atoms with van der Waals surface area (Å²) in [6, 6.07) is 17.0. The molecule has 0 saturated carbocycles. The van der Waals surface area contributed by atoms with Crippen molar-refractivity contribution in [2.75, 3.05) is 47.6 Å². The molecule has 198 valence electrons. The van der Waals surface area contributed by atoms with Gasteiger partial charge in [-0.3, -0.25) is 9.59 Å². The van der Waals surface area contributed by atoms with Crippen LogP contribution in [0.3, 0.4) is 0 Å². The summed E-state index contributed by atoms with van der Waals surface area (Å²) in [5.41, 5.74) is 1.57. The second-order valence-corrected chi connectivity index (χ2v) is 10.4. The van der Waals surface area contributed by atoms with E-state index in [9.17, 15) is 9.59 Å². The average Bonchev–Trinajstić information content (AvgIpc) is 3.43. The fourth-order valence-electron chi connectivity index (χ4n) is 3.90. The minimum atomic E-state index is -0.179. The monoisotopic (exact) mass is 588 g/mol. The molecule has 1 aromatic heterocycles. The maximum atomic E-state index is 13.6. The van der Waals surface area contributed by atoms with Gasteiger partial charge in [0.2, 0.25) is 5.91 Å². The summed E-state index contributed by atoms with van der Waals surface area (Å²) < 4.78 is 16.8. The molecule has 0 bridgehead atoms. The lowest BCUT2D eigenvalue weighted by molar-refractivity contribution is -0.132. The number of halogens is 1. The molecular weight excluding hydrogens is 556 g/mol. The van der Waals surface area contributed by atoms with Gasteiger partial charge in [-0.2, -0.15) is 0 Å². The number of thiophene rings is 1. The fraction of sp³-hybridized carbons (Fsp3) is 0.357. The first kappa shape index (κ1) is 28.7. The number of amides is 2. The second-order valence-electron chi connectivity index (χ2n) is 8.42. The lowest BCUT2D eigenvalue weighted by Gasteiger charge is -2.28. The molecule has 7 nitrogen and oxygen atoms in total. The first-order chi connectivity index (χ1) is 17.9. The van der Waals surface area contributed by atoms with Crippen molar-refractivity contribution in [2.45, 2.75) is 19.4 Å². The molecule has 0 fully saturated rings. The zero-order chi connectivity index (χ0) is 26.6. The van der Waals surface area contributed by atoms with Crippen LogP contribution >= 0.6 is 27.3 Å². The van der Waals surface area contributed by atoms with Gasteiger partial charge >= 0.3 is 0 Å². The van der Waals surface area contributed by atoms with Gasteiger partial charge in [-0.05, 0) is 60.2 Å². The van der Waals surface area contributed by atoms with Crippen molar-refractivity contribution in [1.82, 2.24) is 9.80 Å². The van der Waals surface area contributed by atoms with Gasteiger partial charge in [-0.25, -0.2) is 0 Å². The van der Waals surface area contributed by atoms with E-state index < -0.39 is 0 Å². The zero-order valence-electron chi connectivity index (χ0n) is 21.4. The number of carbonyl (C=O) groups is 2. The van der Waals surface area contributed by atoms with Gasteiger partial charge in [-0.1, -0.05) is 34.1 Å². The van der Waals surface area contributed by atoms with Crippen LogP contribution in [0.15, 0.2) is 64.5 Å². The van der Waals surface area contributed by atoms with E-state index in [1.54, 1.807) is 49.7 Å². The van der Waals surface area contributed by atoms with Crippen LogP contribution in [0.25, 0.3) is 0 Å². The Balaban J connectivity index is 1.77. The topological polar surface area (TPSA) is 68.3 Å². The summed E-state index contributed by atoms with van der Waals surface area (Å²) in [5.74, 6) is 1.03. The van der Waals surface area contributed by atoms with Crippen molar-refractivity contribution in [1.29, 1.82) is 0 Å². The Kier molecular flexibility index (Phi) is 11.4. The van der Waals surface area contributed by atoms with Crippen LogP contribution in [0.4, 0.5) is 0 Å². The molecule has 9 heteroatoms. The normalized spacial score (nSPS) is 10.7. The lowest BCUT2D eigenvalue weighted by atomic mass is 10.1. The molecule has 37 heavy (non-hydrogen) atoms. The summed E-state index contributed by atoms with van der Waals surface area (Å²) in [5, 5.41) is 2.00. The molecule has 2 amide bonds. The Hall–Kier alpha value is -2.88. The lowest BCUT2D eigenvalue weighted by Crippen LogP contribution is -2.44. The summed E-state index contributed by atoms with van der Waals surface area (Å²) in [6.45, 7) is 1.92. The van der Waals surface area contributed by atoms with Gasteiger partial charge in [0.25, 0.3) is 5.91 Å². The van der Waals surface area contributed by atoms with Gasteiger partial charge < -0.3 is 24.0 Å². The van der Waals surface area contributed by atoms with Gasteiger partial charge in [-0.15, -0.1) is 11.3 Å². The highest BCUT2D eigenvalue weighted by Crippen LogP contribution is 2.28. The second kappa shape index (κ2) is 14.8. The third kappa shape index (κ3) is 8.59. The summed E-state index contributed by atoms with van der Waals surface area (Å²) in [7, 11) is 4.84. The van der Waals surface area contributed by atoms with E-state index in [1.807, 2.05) is 52.7 Å². The first-order valence-corrected chi connectivity index (χ1v) is 13.7. The molecule has 3 rings (SSSR count). The molecule has 0 spiro atoms. The van der Waals surface area contributed by atoms with E-state index in [2.05, 4.69) is 15.9 Å². The molecule has 0 atom stereocenters. The Bertz CT molecular complexity index is 1160. The van der Waals surface area contributed by atoms with Crippen LogP contribution in [-0.4, -0.2) is 69.2 Å². The van der Waals surface area contributed by atoms with Crippen molar-refractivity contribution in [3.63, 3.8) is 0 Å². The molecule has 0 unspecified atom stereocenters. The van der Waals surface area contributed by atoms with Crippen molar-refractivity contribution in [3.05, 3.63) is 80.5 Å². The number of ether oxygens (including phenoxy) is 3. The third-order valence-electron chi connectivity index (χ3n) is 5.86. The quantitative estimate of drug-likeness (QED) is 0.240. The first-order valence-electron chi connectivity index (χ1n) is 12.0. The third-order valence-corrected chi connectivity index (χ3v) is 7.21. The molecular formula is C28H33BrN2O5S. The Morgan fingerprint density at radius 3 is 2.41 bits per heavy atom. The Morgan fingerprint density at radius 1 is 0.919 bits per heavy atom. The fourth-order valence-corrected chi connectivity index (χ4v) is 5.02. The van der Waals surface area contributed by atoms with E-state index in [0.29, 0.717) is 56.1 Å². The number of rotatable bonds is 14. The van der Waals surface area contributed by atoms with E-state index in [0.717, 1.165) is 14.9 Å². The summed E-state index contributed by atoms with van der Waals surface area (Å²) in [4.78, 5) is 31.5. The molecule has 2 aromatic carbocycles. The maximum absolute atomic E-state index is 13.6. The number of methoxy groups -OCH3 is 3. The molecule has 1 heterocycles. The van der Waals surface area contributed by atoms with Crippen molar-refractivity contribution < 1.29 is 23.8 Å². The van der Waals surface area contributed by atoms with Crippen molar-refractivity contribution >= 4 is 39.1 Å². The molecule has 0 saturated heterocycles. The minimum absolute atomic E-state index is 0.00757. The van der Waals surface area contributed by atoms with E-state index in [4.69, 9.17) is 14.2 Å². The Labute approximate surface area is 231 Å². The van der Waals surface area contributed by atoms with Crippen LogP contribution in [0.5, 0.6) is 11.5 Å². The average molecular weight is 590 g/mol. The van der Waals surface area contributed by atoms with Crippen LogP contribution in [-0.2, 0) is 22.5 Å². The van der Waals surface area contributed by atoms with Crippen LogP contribution in [0, 0.1) is 0 Å². The molecule has 0 aliphatic rings. The number of benzene rings is 2. The molecule has 0 radical (unpaired) electrons. The van der Waals surface area contributed by atoms with E-state index in [-0.39, 0.29) is 18.4 Å². The minimum Gasteiger partial charge on any atom is -0.493 e. The highest BCUT2D eigenvalue weighted by molar-refractivity contribution is 9.10. The number of nitrogens with zero attached hydrogens (tertiary/aromatic N) is 2. The molecule has 0 aliphatic carbocycles. The van der Waals surface area contributed by atoms with Gasteiger partial charge in [0.1, 0.15) is 6.54 Å². The molecule has 0 N–H and O–H groups in total. The predicted octanol–water partition coefficient (Wildman–Crippen LogP) is 5.28. The maximum Gasteiger partial charge on any atom is 0.254 e. The predicted molar refractivity (Wildman–Crippen MR) is 150 cm³/mol. The van der Waals surface area contributed by atoms with Gasteiger partial charge in [0.05, 0.1) is 20.8 Å². The van der Waals surface area contributed by atoms with Crippen LogP contribution in [0.2, 0.25) is 0 Å². The number of carbonyl (C=O) groups excluding carboxylic acids is 2. The molecule has 0 aliphatic heterocycles. The standard InChI is InChI=1S/C28H33BrN2O5S/c1-34-15-6-13-31(28(33)22-7-4-8-23(29)18-22)20-27(32)30(19-24-9-5-16-37-24)14-12-21-10-11-25(35-2)26(17-21)36-3/h4-5,7-11,16-18H,6,12-15,19-20H2,1-3H3. The van der Waals surface area contributed by atoms with Gasteiger partial charge in [0.15, 0.2) is 11.5 Å². The Morgan fingerprint density at radius 2 is 1.73 bits per heavy atom. The number of hydrogen-bond acceptors (Lipinski definition) is 6. The zero-order valence-corrected chi connectivity index (χ0v) is 23.8. The van der Waals surface area contributed by atoms with Crippen LogP contribution < -0.4 is 9.47 Å².